The Labute approximate surface area is 239 Å². The van der Waals surface area contributed by atoms with Crippen LogP contribution in [-0.4, -0.2) is 43.8 Å². The zero-order valence-corrected chi connectivity index (χ0v) is 24.6. The second kappa shape index (κ2) is 12.8. The van der Waals surface area contributed by atoms with E-state index in [0.717, 1.165) is 41.1 Å². The van der Waals surface area contributed by atoms with Crippen molar-refractivity contribution in [3.63, 3.8) is 0 Å². The van der Waals surface area contributed by atoms with E-state index >= 15 is 0 Å². The first-order chi connectivity index (χ1) is 18.7. The van der Waals surface area contributed by atoms with Crippen LogP contribution in [0.4, 0.5) is 5.69 Å². The van der Waals surface area contributed by atoms with Crippen LogP contribution in [0.1, 0.15) is 43.7 Å². The van der Waals surface area contributed by atoms with E-state index in [1.165, 1.54) is 17.0 Å². The third-order valence-electron chi connectivity index (χ3n) is 7.18. The molecule has 0 heterocycles. The summed E-state index contributed by atoms with van der Waals surface area (Å²) >= 11 is 3.41. The Balaban J connectivity index is 1.69. The van der Waals surface area contributed by atoms with Gasteiger partial charge in [0.25, 0.3) is 10.0 Å². The van der Waals surface area contributed by atoms with E-state index in [4.69, 9.17) is 0 Å². The minimum Gasteiger partial charge on any atom is -0.352 e. The molecule has 206 valence electrons. The molecule has 0 saturated heterocycles. The number of carbonyl (C=O) groups is 2. The maximum absolute atomic E-state index is 14.0. The van der Waals surface area contributed by atoms with Crippen LogP contribution in [0.5, 0.6) is 0 Å². The van der Waals surface area contributed by atoms with Gasteiger partial charge in [0.15, 0.2) is 0 Å². The number of anilines is 1. The monoisotopic (exact) mass is 611 g/mol. The van der Waals surface area contributed by atoms with Crippen molar-refractivity contribution in [2.75, 3.05) is 10.8 Å². The van der Waals surface area contributed by atoms with E-state index in [1.807, 2.05) is 31.2 Å². The van der Waals surface area contributed by atoms with E-state index in [0.29, 0.717) is 10.2 Å². The molecule has 1 atom stereocenters. The Morgan fingerprint density at radius 2 is 1.64 bits per heavy atom. The molecule has 0 aliphatic heterocycles. The van der Waals surface area contributed by atoms with Gasteiger partial charge in [0.1, 0.15) is 12.6 Å². The smallest absolute Gasteiger partial charge is 0.264 e. The summed E-state index contributed by atoms with van der Waals surface area (Å²) in [5.41, 5.74) is 2.23. The zero-order chi connectivity index (χ0) is 28.0. The fourth-order valence-electron chi connectivity index (χ4n) is 4.83. The van der Waals surface area contributed by atoms with Crippen LogP contribution < -0.4 is 9.62 Å². The van der Waals surface area contributed by atoms with Crippen molar-refractivity contribution in [2.45, 2.75) is 63.1 Å². The maximum atomic E-state index is 14.0. The first kappa shape index (κ1) is 28.8. The number of hydrogen-bond donors (Lipinski definition) is 1. The number of carbonyl (C=O) groups excluding carboxylic acids is 2. The van der Waals surface area contributed by atoms with Crippen molar-refractivity contribution in [1.29, 1.82) is 0 Å². The molecule has 4 rings (SSSR count). The van der Waals surface area contributed by atoms with Crippen LogP contribution >= 0.6 is 15.9 Å². The van der Waals surface area contributed by atoms with Crippen molar-refractivity contribution in [3.05, 3.63) is 94.5 Å². The topological polar surface area (TPSA) is 86.8 Å². The molecule has 0 aromatic heterocycles. The van der Waals surface area contributed by atoms with Crippen LogP contribution in [0.3, 0.4) is 0 Å². The van der Waals surface area contributed by atoms with Crippen LogP contribution in [0.2, 0.25) is 0 Å². The largest absolute Gasteiger partial charge is 0.352 e. The molecule has 1 fully saturated rings. The summed E-state index contributed by atoms with van der Waals surface area (Å²) in [6.07, 6.45) is 4.00. The second-order valence-corrected chi connectivity index (χ2v) is 12.7. The van der Waals surface area contributed by atoms with E-state index in [2.05, 4.69) is 21.2 Å². The van der Waals surface area contributed by atoms with Crippen LogP contribution in [0.15, 0.2) is 88.2 Å². The third kappa shape index (κ3) is 7.08. The molecule has 0 radical (unpaired) electrons. The molecule has 2 amide bonds. The highest BCUT2D eigenvalue weighted by atomic mass is 79.9. The number of amides is 2. The molecule has 1 unspecified atom stereocenters. The van der Waals surface area contributed by atoms with Gasteiger partial charge in [0.05, 0.1) is 10.6 Å². The molecule has 1 N–H and O–H groups in total. The number of sulfonamides is 1. The molecular formula is C30H34BrN3O4S. The Bertz CT molecular complexity index is 1410. The standard InChI is InChI=1S/C30H34BrN3O4S/c1-22-11-6-7-12-24(22)20-33(23(2)30(36)32-26-14-8-9-15-26)29(35)21-34(27-16-10-13-25(31)19-27)39(37,38)28-17-4-3-5-18-28/h3-7,10-13,16-19,23,26H,8-9,14-15,20-21H2,1-2H3,(H,32,36). The molecule has 0 bridgehead atoms. The normalized spacial score (nSPS) is 14.5. The fraction of sp³-hybridized carbons (Fsp3) is 0.333. The summed E-state index contributed by atoms with van der Waals surface area (Å²) in [4.78, 5) is 28.9. The number of rotatable bonds is 10. The SMILES string of the molecule is Cc1ccccc1CN(C(=O)CN(c1cccc(Br)c1)S(=O)(=O)c1ccccc1)C(C)C(=O)NC1CCCC1. The van der Waals surface area contributed by atoms with Gasteiger partial charge in [-0.1, -0.05) is 77.3 Å². The maximum Gasteiger partial charge on any atom is 0.264 e. The fourth-order valence-corrected chi connectivity index (χ4v) is 6.64. The lowest BCUT2D eigenvalue weighted by molar-refractivity contribution is -0.139. The number of aryl methyl sites for hydroxylation is 1. The van der Waals surface area contributed by atoms with Crippen molar-refractivity contribution >= 4 is 43.5 Å². The predicted octanol–water partition coefficient (Wildman–Crippen LogP) is 5.43. The summed E-state index contributed by atoms with van der Waals surface area (Å²) in [6.45, 7) is 3.38. The highest BCUT2D eigenvalue weighted by Crippen LogP contribution is 2.27. The lowest BCUT2D eigenvalue weighted by Gasteiger charge is -2.33. The number of nitrogens with zero attached hydrogens (tertiary/aromatic N) is 2. The summed E-state index contributed by atoms with van der Waals surface area (Å²) in [7, 11) is -4.08. The Kier molecular flexibility index (Phi) is 9.45. The molecule has 7 nitrogen and oxygen atoms in total. The van der Waals surface area contributed by atoms with Gasteiger partial charge in [0.2, 0.25) is 11.8 Å². The number of halogens is 1. The van der Waals surface area contributed by atoms with Crippen LogP contribution in [0, 0.1) is 6.92 Å². The van der Waals surface area contributed by atoms with Crippen molar-refractivity contribution in [1.82, 2.24) is 10.2 Å². The molecule has 3 aromatic rings. The average Bonchev–Trinajstić information content (AvgIpc) is 3.44. The minimum atomic E-state index is -4.08. The van der Waals surface area contributed by atoms with Crippen molar-refractivity contribution in [3.8, 4) is 0 Å². The summed E-state index contributed by atoms with van der Waals surface area (Å²) in [5, 5.41) is 3.09. The van der Waals surface area contributed by atoms with Gasteiger partial charge >= 0.3 is 0 Å². The summed E-state index contributed by atoms with van der Waals surface area (Å²) < 4.78 is 29.4. The van der Waals surface area contributed by atoms with Crippen LogP contribution in [-0.2, 0) is 26.2 Å². The van der Waals surface area contributed by atoms with E-state index in [1.54, 1.807) is 49.4 Å². The molecular weight excluding hydrogens is 578 g/mol. The van der Waals surface area contributed by atoms with Crippen molar-refractivity contribution < 1.29 is 18.0 Å². The third-order valence-corrected chi connectivity index (χ3v) is 9.46. The van der Waals surface area contributed by atoms with Gasteiger partial charge in [-0.2, -0.15) is 0 Å². The van der Waals surface area contributed by atoms with Gasteiger partial charge in [0, 0.05) is 17.1 Å². The van der Waals surface area contributed by atoms with E-state index in [-0.39, 0.29) is 23.4 Å². The Morgan fingerprint density at radius 3 is 2.31 bits per heavy atom. The molecule has 1 aliphatic rings. The van der Waals surface area contributed by atoms with Crippen LogP contribution in [0.25, 0.3) is 0 Å². The quantitative estimate of drug-likeness (QED) is 0.331. The summed E-state index contributed by atoms with van der Waals surface area (Å²) in [6, 6.07) is 21.9. The second-order valence-electron chi connectivity index (χ2n) is 9.92. The van der Waals surface area contributed by atoms with Gasteiger partial charge < -0.3 is 10.2 Å². The van der Waals surface area contributed by atoms with Gasteiger partial charge in [-0.25, -0.2) is 8.42 Å². The van der Waals surface area contributed by atoms with Crippen molar-refractivity contribution in [2.24, 2.45) is 0 Å². The summed E-state index contributed by atoms with van der Waals surface area (Å²) in [5.74, 6) is -0.699. The number of benzene rings is 3. The lowest BCUT2D eigenvalue weighted by Crippen LogP contribution is -2.52. The molecule has 3 aromatic carbocycles. The minimum absolute atomic E-state index is 0.0789. The van der Waals surface area contributed by atoms with Gasteiger partial charge in [-0.15, -0.1) is 0 Å². The average molecular weight is 613 g/mol. The number of nitrogens with one attached hydrogen (secondary N) is 1. The molecule has 1 saturated carbocycles. The molecule has 0 spiro atoms. The first-order valence-electron chi connectivity index (χ1n) is 13.1. The lowest BCUT2D eigenvalue weighted by atomic mass is 10.1. The highest BCUT2D eigenvalue weighted by Gasteiger charge is 2.33. The Hall–Kier alpha value is -3.17. The van der Waals surface area contributed by atoms with E-state index in [9.17, 15) is 18.0 Å². The molecule has 9 heteroatoms. The number of hydrogen-bond acceptors (Lipinski definition) is 4. The van der Waals surface area contributed by atoms with Gasteiger partial charge in [-0.3, -0.25) is 13.9 Å². The van der Waals surface area contributed by atoms with E-state index < -0.39 is 28.5 Å². The Morgan fingerprint density at radius 1 is 0.974 bits per heavy atom. The molecule has 39 heavy (non-hydrogen) atoms. The highest BCUT2D eigenvalue weighted by molar-refractivity contribution is 9.10. The first-order valence-corrected chi connectivity index (χ1v) is 15.4. The van der Waals surface area contributed by atoms with Gasteiger partial charge in [-0.05, 0) is 68.1 Å². The predicted molar refractivity (Wildman–Crippen MR) is 157 cm³/mol. The molecule has 1 aliphatic carbocycles. The zero-order valence-electron chi connectivity index (χ0n) is 22.2.